The largest absolute Gasteiger partial charge is 0.493 e. The Kier molecular flexibility index (Phi) is 6.99. The molecule has 0 saturated carbocycles. The van der Waals surface area contributed by atoms with Crippen molar-refractivity contribution in [3.63, 3.8) is 0 Å². The molecule has 120 valence electrons. The second-order valence-corrected chi connectivity index (χ2v) is 6.04. The maximum absolute atomic E-state index is 5.94. The second-order valence-electron chi connectivity index (χ2n) is 6.04. The zero-order chi connectivity index (χ0) is 15.9. The van der Waals surface area contributed by atoms with Crippen LogP contribution in [0, 0.1) is 0 Å². The molecule has 0 aromatic heterocycles. The van der Waals surface area contributed by atoms with E-state index < -0.39 is 0 Å². The van der Waals surface area contributed by atoms with Crippen LogP contribution in [0.5, 0.6) is 11.5 Å². The zero-order valence-corrected chi connectivity index (χ0v) is 14.2. The van der Waals surface area contributed by atoms with Gasteiger partial charge in [-0.05, 0) is 51.4 Å². The molecule has 1 atom stereocenters. The first-order valence-corrected chi connectivity index (χ1v) is 7.50. The molecule has 0 radical (unpaired) electrons. The Balaban J connectivity index is 2.91. The van der Waals surface area contributed by atoms with E-state index in [1.165, 1.54) is 0 Å². The molecule has 1 rings (SSSR count). The van der Waals surface area contributed by atoms with E-state index >= 15 is 0 Å². The summed E-state index contributed by atoms with van der Waals surface area (Å²) in [5, 5.41) is 3.53. The molecule has 21 heavy (non-hydrogen) atoms. The van der Waals surface area contributed by atoms with Crippen LogP contribution in [-0.4, -0.2) is 33.0 Å². The number of hydrogen-bond donors (Lipinski definition) is 1. The standard InChI is InChI=1S/C17H29NO3/c1-7-10-18-14(12-21-17(2,3)4)13-8-9-15(19-5)16(11-13)20-6/h8-9,11,14,18H,7,10,12H2,1-6H3. The summed E-state index contributed by atoms with van der Waals surface area (Å²) in [6.45, 7) is 9.93. The van der Waals surface area contributed by atoms with E-state index in [0.717, 1.165) is 30.0 Å². The topological polar surface area (TPSA) is 39.7 Å². The van der Waals surface area contributed by atoms with E-state index in [-0.39, 0.29) is 11.6 Å². The van der Waals surface area contributed by atoms with E-state index in [2.05, 4.69) is 39.1 Å². The molecular formula is C17H29NO3. The molecule has 1 aromatic carbocycles. The summed E-state index contributed by atoms with van der Waals surface area (Å²) in [5.41, 5.74) is 0.994. The summed E-state index contributed by atoms with van der Waals surface area (Å²) in [6, 6.07) is 6.15. The number of nitrogens with one attached hydrogen (secondary N) is 1. The Morgan fingerprint density at radius 2 is 1.76 bits per heavy atom. The summed E-state index contributed by atoms with van der Waals surface area (Å²) in [7, 11) is 3.30. The molecule has 0 aliphatic carbocycles. The van der Waals surface area contributed by atoms with Gasteiger partial charge < -0.3 is 19.5 Å². The predicted octanol–water partition coefficient (Wildman–Crippen LogP) is 3.56. The van der Waals surface area contributed by atoms with E-state index in [1.54, 1.807) is 14.2 Å². The van der Waals surface area contributed by atoms with E-state index in [1.807, 2.05) is 12.1 Å². The quantitative estimate of drug-likeness (QED) is 0.796. The number of benzene rings is 1. The van der Waals surface area contributed by atoms with Crippen LogP contribution in [0.25, 0.3) is 0 Å². The van der Waals surface area contributed by atoms with Crippen molar-refractivity contribution in [3.8, 4) is 11.5 Å². The monoisotopic (exact) mass is 295 g/mol. The number of hydrogen-bond acceptors (Lipinski definition) is 4. The third-order valence-corrected chi connectivity index (χ3v) is 3.13. The van der Waals surface area contributed by atoms with Crippen LogP contribution in [0.2, 0.25) is 0 Å². The van der Waals surface area contributed by atoms with Crippen LogP contribution in [0.1, 0.15) is 45.7 Å². The number of rotatable bonds is 8. The lowest BCUT2D eigenvalue weighted by atomic mass is 10.1. The minimum atomic E-state index is -0.150. The molecule has 4 nitrogen and oxygen atoms in total. The highest BCUT2D eigenvalue weighted by Crippen LogP contribution is 2.30. The molecule has 4 heteroatoms. The third kappa shape index (κ3) is 5.94. The van der Waals surface area contributed by atoms with Gasteiger partial charge in [-0.1, -0.05) is 13.0 Å². The van der Waals surface area contributed by atoms with Gasteiger partial charge in [-0.3, -0.25) is 0 Å². The van der Waals surface area contributed by atoms with Crippen molar-refractivity contribution >= 4 is 0 Å². The molecule has 0 fully saturated rings. The molecule has 0 saturated heterocycles. The third-order valence-electron chi connectivity index (χ3n) is 3.13. The molecule has 0 heterocycles. The summed E-state index contributed by atoms with van der Waals surface area (Å²) >= 11 is 0. The highest BCUT2D eigenvalue weighted by atomic mass is 16.5. The van der Waals surface area contributed by atoms with E-state index in [0.29, 0.717) is 6.61 Å². The van der Waals surface area contributed by atoms with Gasteiger partial charge in [0.15, 0.2) is 11.5 Å². The molecular weight excluding hydrogens is 266 g/mol. The Bertz CT molecular complexity index is 427. The summed E-state index contributed by atoms with van der Waals surface area (Å²) in [5.74, 6) is 1.49. The average molecular weight is 295 g/mol. The maximum atomic E-state index is 5.94. The van der Waals surface area contributed by atoms with E-state index in [9.17, 15) is 0 Å². The maximum Gasteiger partial charge on any atom is 0.161 e. The Morgan fingerprint density at radius 1 is 1.10 bits per heavy atom. The zero-order valence-electron chi connectivity index (χ0n) is 14.2. The Hall–Kier alpha value is -1.26. The van der Waals surface area contributed by atoms with Gasteiger partial charge >= 0.3 is 0 Å². The summed E-state index contributed by atoms with van der Waals surface area (Å²) in [4.78, 5) is 0. The number of ether oxygens (including phenoxy) is 3. The molecule has 0 aliphatic heterocycles. The molecule has 0 aliphatic rings. The van der Waals surface area contributed by atoms with Gasteiger partial charge in [-0.25, -0.2) is 0 Å². The van der Waals surface area contributed by atoms with Crippen LogP contribution in [-0.2, 0) is 4.74 Å². The molecule has 1 N–H and O–H groups in total. The Morgan fingerprint density at radius 3 is 2.29 bits per heavy atom. The lowest BCUT2D eigenvalue weighted by molar-refractivity contribution is -0.0148. The van der Waals surface area contributed by atoms with Crippen molar-refractivity contribution in [1.82, 2.24) is 5.32 Å². The van der Waals surface area contributed by atoms with Crippen LogP contribution in [0.4, 0.5) is 0 Å². The first kappa shape index (κ1) is 17.8. The predicted molar refractivity (Wildman–Crippen MR) is 86.3 cm³/mol. The second kappa shape index (κ2) is 8.25. The fourth-order valence-electron chi connectivity index (χ4n) is 1.99. The van der Waals surface area contributed by atoms with Crippen LogP contribution in [0.15, 0.2) is 18.2 Å². The highest BCUT2D eigenvalue weighted by molar-refractivity contribution is 5.43. The lowest BCUT2D eigenvalue weighted by Gasteiger charge is -2.26. The van der Waals surface area contributed by atoms with Gasteiger partial charge in [0.25, 0.3) is 0 Å². The van der Waals surface area contributed by atoms with Crippen molar-refractivity contribution in [2.75, 3.05) is 27.4 Å². The first-order chi connectivity index (χ1) is 9.91. The fraction of sp³-hybridized carbons (Fsp3) is 0.647. The SMILES string of the molecule is CCCNC(COC(C)(C)C)c1ccc(OC)c(OC)c1. The van der Waals surface area contributed by atoms with Crippen molar-refractivity contribution in [3.05, 3.63) is 23.8 Å². The first-order valence-electron chi connectivity index (χ1n) is 7.50. The molecule has 1 unspecified atom stereocenters. The lowest BCUT2D eigenvalue weighted by Crippen LogP contribution is -2.30. The smallest absolute Gasteiger partial charge is 0.161 e. The highest BCUT2D eigenvalue weighted by Gasteiger charge is 2.18. The van der Waals surface area contributed by atoms with Crippen molar-refractivity contribution in [2.45, 2.75) is 45.8 Å². The molecule has 0 spiro atoms. The number of methoxy groups -OCH3 is 2. The normalized spacial score (nSPS) is 13.0. The molecule has 0 bridgehead atoms. The van der Waals surface area contributed by atoms with Gasteiger partial charge in [0.2, 0.25) is 0 Å². The minimum absolute atomic E-state index is 0.143. The molecule has 0 amide bonds. The van der Waals surface area contributed by atoms with Gasteiger partial charge in [0.1, 0.15) is 0 Å². The fourth-order valence-corrected chi connectivity index (χ4v) is 1.99. The van der Waals surface area contributed by atoms with Gasteiger partial charge in [0, 0.05) is 0 Å². The minimum Gasteiger partial charge on any atom is -0.493 e. The van der Waals surface area contributed by atoms with Gasteiger partial charge in [-0.2, -0.15) is 0 Å². The van der Waals surface area contributed by atoms with Crippen LogP contribution < -0.4 is 14.8 Å². The molecule has 1 aromatic rings. The van der Waals surface area contributed by atoms with Crippen molar-refractivity contribution in [2.24, 2.45) is 0 Å². The summed E-state index contributed by atoms with van der Waals surface area (Å²) in [6.07, 6.45) is 1.08. The van der Waals surface area contributed by atoms with Gasteiger partial charge in [0.05, 0.1) is 32.5 Å². The van der Waals surface area contributed by atoms with Gasteiger partial charge in [-0.15, -0.1) is 0 Å². The average Bonchev–Trinajstić information content (AvgIpc) is 2.45. The van der Waals surface area contributed by atoms with Crippen molar-refractivity contribution < 1.29 is 14.2 Å². The van der Waals surface area contributed by atoms with Crippen LogP contribution in [0.3, 0.4) is 0 Å². The van der Waals surface area contributed by atoms with E-state index in [4.69, 9.17) is 14.2 Å². The Labute approximate surface area is 128 Å². The van der Waals surface area contributed by atoms with Crippen LogP contribution >= 0.6 is 0 Å². The summed E-state index contributed by atoms with van der Waals surface area (Å²) < 4.78 is 16.6. The van der Waals surface area contributed by atoms with Crippen molar-refractivity contribution in [1.29, 1.82) is 0 Å².